The van der Waals surface area contributed by atoms with Gasteiger partial charge in [-0.2, -0.15) is 5.10 Å². The molecule has 4 nitrogen and oxygen atoms in total. The van der Waals surface area contributed by atoms with Crippen molar-refractivity contribution in [2.24, 2.45) is 10.5 Å². The number of hydrazone groups is 1. The molecular weight excluding hydrogens is 320 g/mol. The summed E-state index contributed by atoms with van der Waals surface area (Å²) < 4.78 is 0.917. The van der Waals surface area contributed by atoms with Crippen LogP contribution in [0.2, 0.25) is 0 Å². The van der Waals surface area contributed by atoms with Gasteiger partial charge >= 0.3 is 0 Å². The van der Waals surface area contributed by atoms with Crippen LogP contribution < -0.4 is 5.43 Å². The molecule has 0 aromatic heterocycles. The summed E-state index contributed by atoms with van der Waals surface area (Å²) in [5.41, 5.74) is 3.74. The van der Waals surface area contributed by atoms with E-state index in [1.807, 2.05) is 13.8 Å². The van der Waals surface area contributed by atoms with Crippen LogP contribution in [0.25, 0.3) is 0 Å². The van der Waals surface area contributed by atoms with E-state index in [1.165, 1.54) is 0 Å². The highest BCUT2D eigenvalue weighted by atomic mass is 79.9. The number of nitrogens with one attached hydrogen (secondary N) is 1. The van der Waals surface area contributed by atoms with E-state index >= 15 is 0 Å². The zero-order valence-corrected chi connectivity index (χ0v) is 13.2. The standard InChI is InChI=1S/C15H17BrN2O2/c1-15(2)8-12(7-13(19)9-15)17-18-14(20)10-3-5-11(16)6-4-10/h3-6H,7-9H2,1-2H3,(H,18,20). The molecule has 0 spiro atoms. The number of nitrogens with zero attached hydrogens (tertiary/aromatic N) is 1. The van der Waals surface area contributed by atoms with Crippen molar-refractivity contribution in [1.82, 2.24) is 5.43 Å². The smallest absolute Gasteiger partial charge is 0.271 e. The van der Waals surface area contributed by atoms with Crippen LogP contribution in [0.15, 0.2) is 33.8 Å². The molecule has 0 radical (unpaired) electrons. The molecule has 0 atom stereocenters. The van der Waals surface area contributed by atoms with Gasteiger partial charge in [-0.25, -0.2) is 5.43 Å². The van der Waals surface area contributed by atoms with E-state index in [2.05, 4.69) is 26.5 Å². The summed E-state index contributed by atoms with van der Waals surface area (Å²) in [7, 11) is 0. The van der Waals surface area contributed by atoms with E-state index in [1.54, 1.807) is 24.3 Å². The topological polar surface area (TPSA) is 58.5 Å². The molecule has 1 aliphatic rings. The Balaban J connectivity index is 2.03. The Bertz CT molecular complexity index is 562. The molecule has 2 rings (SSSR count). The largest absolute Gasteiger partial charge is 0.299 e. The first-order chi connectivity index (χ1) is 9.35. The molecule has 5 heteroatoms. The molecule has 0 bridgehead atoms. The fraction of sp³-hybridized carbons (Fsp3) is 0.400. The number of hydrogen-bond acceptors (Lipinski definition) is 3. The third-order valence-electron chi connectivity index (χ3n) is 3.18. The zero-order valence-electron chi connectivity index (χ0n) is 11.6. The molecule has 1 saturated carbocycles. The first-order valence-electron chi connectivity index (χ1n) is 6.49. The highest BCUT2D eigenvalue weighted by molar-refractivity contribution is 9.10. The molecule has 1 fully saturated rings. The van der Waals surface area contributed by atoms with E-state index in [0.29, 0.717) is 18.4 Å². The Morgan fingerprint density at radius 3 is 2.50 bits per heavy atom. The van der Waals surface area contributed by atoms with E-state index in [4.69, 9.17) is 0 Å². The summed E-state index contributed by atoms with van der Waals surface area (Å²) in [5.74, 6) is -0.0845. The van der Waals surface area contributed by atoms with Crippen molar-refractivity contribution in [3.05, 3.63) is 34.3 Å². The van der Waals surface area contributed by atoms with Gasteiger partial charge in [-0.05, 0) is 36.1 Å². The van der Waals surface area contributed by atoms with Crippen LogP contribution in [-0.2, 0) is 4.79 Å². The zero-order chi connectivity index (χ0) is 14.8. The van der Waals surface area contributed by atoms with Crippen LogP contribution in [0.5, 0.6) is 0 Å². The summed E-state index contributed by atoms with van der Waals surface area (Å²) >= 11 is 3.32. The maximum atomic E-state index is 11.9. The number of carbonyl (C=O) groups excluding carboxylic acids is 2. The van der Waals surface area contributed by atoms with Crippen molar-refractivity contribution in [3.63, 3.8) is 0 Å². The molecule has 1 aromatic rings. The lowest BCUT2D eigenvalue weighted by Crippen LogP contribution is -2.31. The van der Waals surface area contributed by atoms with Crippen molar-refractivity contribution in [2.45, 2.75) is 33.1 Å². The molecule has 0 saturated heterocycles. The third kappa shape index (κ3) is 4.00. The number of halogens is 1. The molecule has 0 heterocycles. The Morgan fingerprint density at radius 1 is 1.25 bits per heavy atom. The summed E-state index contributed by atoms with van der Waals surface area (Å²) in [6, 6.07) is 7.04. The number of rotatable bonds is 2. The molecule has 1 amide bonds. The minimum Gasteiger partial charge on any atom is -0.299 e. The van der Waals surface area contributed by atoms with Crippen LogP contribution in [0.4, 0.5) is 0 Å². The number of ketones is 1. The maximum absolute atomic E-state index is 11.9. The number of carbonyl (C=O) groups is 2. The van der Waals surface area contributed by atoms with Gasteiger partial charge in [0.25, 0.3) is 5.91 Å². The monoisotopic (exact) mass is 336 g/mol. The minimum atomic E-state index is -0.263. The lowest BCUT2D eigenvalue weighted by atomic mass is 9.76. The second-order valence-electron chi connectivity index (χ2n) is 5.86. The van der Waals surface area contributed by atoms with Gasteiger partial charge in [0.2, 0.25) is 0 Å². The van der Waals surface area contributed by atoms with Gasteiger partial charge in [-0.15, -0.1) is 0 Å². The molecule has 1 N–H and O–H groups in total. The summed E-state index contributed by atoms with van der Waals surface area (Å²) in [4.78, 5) is 23.6. The van der Waals surface area contributed by atoms with Crippen molar-refractivity contribution in [3.8, 4) is 0 Å². The van der Waals surface area contributed by atoms with E-state index in [9.17, 15) is 9.59 Å². The average molecular weight is 337 g/mol. The normalized spacial score (nSPS) is 19.9. The van der Waals surface area contributed by atoms with Gasteiger partial charge in [0.05, 0.1) is 0 Å². The number of benzene rings is 1. The van der Waals surface area contributed by atoms with Crippen LogP contribution in [0, 0.1) is 5.41 Å². The van der Waals surface area contributed by atoms with Crippen molar-refractivity contribution in [2.75, 3.05) is 0 Å². The fourth-order valence-electron chi connectivity index (χ4n) is 2.38. The molecule has 20 heavy (non-hydrogen) atoms. The Labute approximate surface area is 126 Å². The highest BCUT2D eigenvalue weighted by Crippen LogP contribution is 2.31. The summed E-state index contributed by atoms with van der Waals surface area (Å²) in [6.07, 6.45) is 1.65. The minimum absolute atomic E-state index is 0.0729. The quantitative estimate of drug-likeness (QED) is 0.842. The van der Waals surface area contributed by atoms with Gasteiger partial charge < -0.3 is 0 Å². The number of amides is 1. The van der Waals surface area contributed by atoms with Crippen molar-refractivity contribution in [1.29, 1.82) is 0 Å². The first-order valence-corrected chi connectivity index (χ1v) is 7.28. The van der Waals surface area contributed by atoms with Crippen LogP contribution in [0.1, 0.15) is 43.5 Å². The van der Waals surface area contributed by atoms with Crippen molar-refractivity contribution >= 4 is 33.3 Å². The van der Waals surface area contributed by atoms with Gasteiger partial charge in [0, 0.05) is 28.6 Å². The Morgan fingerprint density at radius 2 is 1.90 bits per heavy atom. The van der Waals surface area contributed by atoms with Crippen LogP contribution >= 0.6 is 15.9 Å². The predicted octanol–water partition coefficient (Wildman–Crippen LogP) is 3.31. The van der Waals surface area contributed by atoms with Crippen molar-refractivity contribution < 1.29 is 9.59 Å². The SMILES string of the molecule is CC1(C)CC(=O)CC(=NNC(=O)c2ccc(Br)cc2)C1. The fourth-order valence-corrected chi connectivity index (χ4v) is 2.64. The maximum Gasteiger partial charge on any atom is 0.271 e. The second-order valence-corrected chi connectivity index (χ2v) is 6.77. The molecule has 0 unspecified atom stereocenters. The lowest BCUT2D eigenvalue weighted by molar-refractivity contribution is -0.120. The molecular formula is C15H17BrN2O2. The number of Topliss-reactive ketones (excluding diaryl/α,β-unsaturated/α-hetero) is 1. The Kier molecular flexibility index (Phi) is 4.38. The van der Waals surface area contributed by atoms with Gasteiger partial charge in [-0.3, -0.25) is 9.59 Å². The van der Waals surface area contributed by atoms with E-state index in [0.717, 1.165) is 16.6 Å². The predicted molar refractivity (Wildman–Crippen MR) is 81.7 cm³/mol. The second kappa shape index (κ2) is 5.87. The third-order valence-corrected chi connectivity index (χ3v) is 3.71. The highest BCUT2D eigenvalue weighted by Gasteiger charge is 2.30. The summed E-state index contributed by atoms with van der Waals surface area (Å²) in [5, 5.41) is 4.11. The Hall–Kier alpha value is -1.49. The summed E-state index contributed by atoms with van der Waals surface area (Å²) in [6.45, 7) is 4.08. The average Bonchev–Trinajstić information content (AvgIpc) is 2.34. The molecule has 0 aliphatic heterocycles. The molecule has 106 valence electrons. The molecule has 1 aliphatic carbocycles. The van der Waals surface area contributed by atoms with E-state index in [-0.39, 0.29) is 17.1 Å². The lowest BCUT2D eigenvalue weighted by Gasteiger charge is -2.28. The molecule has 1 aromatic carbocycles. The van der Waals surface area contributed by atoms with Gasteiger partial charge in [0.15, 0.2) is 0 Å². The van der Waals surface area contributed by atoms with Gasteiger partial charge in [-0.1, -0.05) is 29.8 Å². The van der Waals surface area contributed by atoms with E-state index < -0.39 is 0 Å². The van der Waals surface area contributed by atoms with Crippen LogP contribution in [0.3, 0.4) is 0 Å². The van der Waals surface area contributed by atoms with Crippen LogP contribution in [-0.4, -0.2) is 17.4 Å². The van der Waals surface area contributed by atoms with Gasteiger partial charge in [0.1, 0.15) is 5.78 Å². The first kappa shape index (κ1) is 14.9. The number of hydrogen-bond donors (Lipinski definition) is 1.